The van der Waals surface area contributed by atoms with Gasteiger partial charge in [0.1, 0.15) is 12.1 Å². The van der Waals surface area contributed by atoms with Gasteiger partial charge in [0, 0.05) is 29.9 Å². The number of amides is 2. The van der Waals surface area contributed by atoms with Crippen LogP contribution in [-0.2, 0) is 37.5 Å². The Morgan fingerprint density at radius 1 is 1.16 bits per heavy atom. The number of aromatic amines is 1. The number of H-pyrrole nitrogens is 1. The summed E-state index contributed by atoms with van der Waals surface area (Å²) in [7, 11) is -3.69. The number of carbonyl (C=O) groups excluding carboxylic acids is 2. The van der Waals surface area contributed by atoms with Crippen molar-refractivity contribution in [1.29, 1.82) is 0 Å². The molecule has 2 aromatic carbocycles. The predicted octanol–water partition coefficient (Wildman–Crippen LogP) is 2.30. The maximum absolute atomic E-state index is 14.0. The van der Waals surface area contributed by atoms with E-state index in [0.717, 1.165) is 54.2 Å². The molecule has 0 spiro atoms. The molecule has 2 saturated heterocycles. The number of nitrogens with two attached hydrogens (primary N) is 1. The summed E-state index contributed by atoms with van der Waals surface area (Å²) in [5.41, 5.74) is 8.47. The standard InChI is InChI=1S/C30H40ClN7O5S/c1-44(41,42)37-26(9-4-19-10-12-33-13-11-19)30(40)38-17-23(43-18-20-2-6-22(31)7-3-20)15-27(38)29(39)34-16-21-5-8-25-24(14-21)28(32)36-35-25/h2-3,5-8,14,19,23,26-27,33,37H,4,9-13,15-18H2,1H3,(H,34,39)(H3,32,35,36)/t23-,26-,27?/m1/s1. The molecule has 238 valence electrons. The van der Waals surface area contributed by atoms with Crippen LogP contribution in [0.25, 0.3) is 10.9 Å². The lowest BCUT2D eigenvalue weighted by Crippen LogP contribution is -2.53. The molecule has 12 nitrogen and oxygen atoms in total. The quantitative estimate of drug-likeness (QED) is 0.200. The van der Waals surface area contributed by atoms with Crippen molar-refractivity contribution in [1.82, 2.24) is 30.5 Å². The van der Waals surface area contributed by atoms with Gasteiger partial charge in [-0.3, -0.25) is 14.7 Å². The second-order valence-electron chi connectivity index (χ2n) is 11.7. The van der Waals surface area contributed by atoms with Gasteiger partial charge in [-0.05, 0) is 80.1 Å². The smallest absolute Gasteiger partial charge is 0.243 e. The molecule has 2 aliphatic heterocycles. The van der Waals surface area contributed by atoms with Crippen molar-refractivity contribution in [3.05, 3.63) is 58.6 Å². The molecular formula is C30H40ClN7O5S. The zero-order chi connectivity index (χ0) is 31.3. The first-order valence-electron chi connectivity index (χ1n) is 14.9. The first-order valence-corrected chi connectivity index (χ1v) is 17.2. The van der Waals surface area contributed by atoms with E-state index >= 15 is 0 Å². The molecular weight excluding hydrogens is 606 g/mol. The second-order valence-corrected chi connectivity index (χ2v) is 13.9. The van der Waals surface area contributed by atoms with Gasteiger partial charge in [-0.2, -0.15) is 5.10 Å². The van der Waals surface area contributed by atoms with Crippen molar-refractivity contribution in [3.63, 3.8) is 0 Å². The molecule has 6 N–H and O–H groups in total. The van der Waals surface area contributed by atoms with Crippen molar-refractivity contribution in [2.75, 3.05) is 31.6 Å². The van der Waals surface area contributed by atoms with E-state index in [2.05, 4.69) is 25.6 Å². The third-order valence-electron chi connectivity index (χ3n) is 8.35. The number of hydrogen-bond donors (Lipinski definition) is 5. The molecule has 3 aromatic rings. The summed E-state index contributed by atoms with van der Waals surface area (Å²) in [5, 5.41) is 14.5. The Kier molecular flexibility index (Phi) is 10.4. The van der Waals surface area contributed by atoms with Crippen LogP contribution in [0.15, 0.2) is 42.5 Å². The zero-order valence-corrected chi connectivity index (χ0v) is 26.3. The Balaban J connectivity index is 1.31. The molecule has 0 radical (unpaired) electrons. The second kappa shape index (κ2) is 14.2. The molecule has 0 aliphatic carbocycles. The number of ether oxygens (including phenoxy) is 1. The van der Waals surface area contributed by atoms with Crippen LogP contribution in [-0.4, -0.2) is 79.4 Å². The minimum atomic E-state index is -3.69. The Labute approximate surface area is 262 Å². The highest BCUT2D eigenvalue weighted by atomic mass is 35.5. The fourth-order valence-corrected chi connectivity index (χ4v) is 6.83. The summed E-state index contributed by atoms with van der Waals surface area (Å²) in [6.45, 7) is 2.48. The van der Waals surface area contributed by atoms with Crippen LogP contribution in [0, 0.1) is 5.92 Å². The fraction of sp³-hybridized carbons (Fsp3) is 0.500. The number of nitrogens with zero attached hydrogens (tertiary/aromatic N) is 2. The molecule has 44 heavy (non-hydrogen) atoms. The number of piperidine rings is 1. The van der Waals surface area contributed by atoms with Gasteiger partial charge in [-0.1, -0.05) is 29.8 Å². The number of rotatable bonds is 12. The number of fused-ring (bicyclic) bond motifs is 1. The number of hydrogen-bond acceptors (Lipinski definition) is 8. The Bertz CT molecular complexity index is 1560. The summed E-state index contributed by atoms with van der Waals surface area (Å²) in [5.74, 6) is 0.0142. The monoisotopic (exact) mass is 645 g/mol. The molecule has 3 atom stereocenters. The van der Waals surface area contributed by atoms with E-state index in [9.17, 15) is 18.0 Å². The van der Waals surface area contributed by atoms with Crippen LogP contribution in [0.2, 0.25) is 5.02 Å². The number of benzene rings is 2. The Morgan fingerprint density at radius 3 is 2.61 bits per heavy atom. The van der Waals surface area contributed by atoms with E-state index in [1.807, 2.05) is 30.3 Å². The van der Waals surface area contributed by atoms with Crippen LogP contribution in [0.5, 0.6) is 0 Å². The van der Waals surface area contributed by atoms with Gasteiger partial charge in [0.2, 0.25) is 21.8 Å². The molecule has 14 heteroatoms. The van der Waals surface area contributed by atoms with Crippen LogP contribution in [0.4, 0.5) is 5.82 Å². The van der Waals surface area contributed by atoms with Crippen LogP contribution in [0.3, 0.4) is 0 Å². The lowest BCUT2D eigenvalue weighted by molar-refractivity contribution is -0.140. The molecule has 2 fully saturated rings. The average molecular weight is 646 g/mol. The van der Waals surface area contributed by atoms with Gasteiger partial charge in [0.15, 0.2) is 5.82 Å². The molecule has 0 saturated carbocycles. The molecule has 5 rings (SSSR count). The van der Waals surface area contributed by atoms with Gasteiger partial charge in [-0.15, -0.1) is 0 Å². The topological polar surface area (TPSA) is 172 Å². The van der Waals surface area contributed by atoms with Gasteiger partial charge in [0.05, 0.1) is 24.5 Å². The number of likely N-dealkylation sites (tertiary alicyclic amines) is 1. The highest BCUT2D eigenvalue weighted by Crippen LogP contribution is 2.26. The number of aromatic nitrogens is 2. The highest BCUT2D eigenvalue weighted by molar-refractivity contribution is 7.88. The molecule has 3 heterocycles. The third-order valence-corrected chi connectivity index (χ3v) is 9.31. The highest BCUT2D eigenvalue weighted by Gasteiger charge is 2.42. The SMILES string of the molecule is CS(=O)(=O)N[C@H](CCC1CCNCC1)C(=O)N1C[C@H](OCc2ccc(Cl)cc2)CC1C(=O)NCc1ccc2[nH]nc(N)c2c1. The van der Waals surface area contributed by atoms with Crippen LogP contribution in [0.1, 0.15) is 43.2 Å². The van der Waals surface area contributed by atoms with Crippen molar-refractivity contribution in [3.8, 4) is 0 Å². The first kappa shape index (κ1) is 32.2. The van der Waals surface area contributed by atoms with Crippen molar-refractivity contribution < 1.29 is 22.7 Å². The van der Waals surface area contributed by atoms with E-state index in [4.69, 9.17) is 22.1 Å². The van der Waals surface area contributed by atoms with Crippen molar-refractivity contribution in [2.45, 2.75) is 63.4 Å². The maximum atomic E-state index is 14.0. The van der Waals surface area contributed by atoms with E-state index in [1.54, 1.807) is 12.1 Å². The molecule has 2 amide bonds. The fourth-order valence-electron chi connectivity index (χ4n) is 5.97. The van der Waals surface area contributed by atoms with Crippen LogP contribution >= 0.6 is 11.6 Å². The molecule has 1 unspecified atom stereocenters. The average Bonchev–Trinajstić information content (AvgIpc) is 3.61. The van der Waals surface area contributed by atoms with Crippen molar-refractivity contribution >= 4 is 50.2 Å². The molecule has 0 bridgehead atoms. The number of anilines is 1. The zero-order valence-electron chi connectivity index (χ0n) is 24.7. The van der Waals surface area contributed by atoms with Crippen molar-refractivity contribution in [2.24, 2.45) is 5.92 Å². The minimum absolute atomic E-state index is 0.164. The van der Waals surface area contributed by atoms with Gasteiger partial charge in [-0.25, -0.2) is 13.1 Å². The van der Waals surface area contributed by atoms with Crippen LogP contribution < -0.4 is 21.1 Å². The van der Waals surface area contributed by atoms with Gasteiger partial charge >= 0.3 is 0 Å². The Morgan fingerprint density at radius 2 is 1.89 bits per heavy atom. The van der Waals surface area contributed by atoms with E-state index in [0.29, 0.717) is 29.6 Å². The van der Waals surface area contributed by atoms with E-state index in [1.165, 1.54) is 4.90 Å². The lowest BCUT2D eigenvalue weighted by Gasteiger charge is -2.30. The van der Waals surface area contributed by atoms with Gasteiger partial charge < -0.3 is 26.0 Å². The summed E-state index contributed by atoms with van der Waals surface area (Å²) in [6, 6.07) is 11.0. The number of sulfonamides is 1. The summed E-state index contributed by atoms with van der Waals surface area (Å²) >= 11 is 6.01. The summed E-state index contributed by atoms with van der Waals surface area (Å²) in [6.07, 6.45) is 3.92. The third kappa shape index (κ3) is 8.48. The minimum Gasteiger partial charge on any atom is -0.382 e. The number of nitrogens with one attached hydrogen (secondary N) is 4. The molecule has 2 aliphatic rings. The van der Waals surface area contributed by atoms with E-state index < -0.39 is 34.1 Å². The van der Waals surface area contributed by atoms with Gasteiger partial charge in [0.25, 0.3) is 0 Å². The molecule has 1 aromatic heterocycles. The maximum Gasteiger partial charge on any atom is 0.243 e. The summed E-state index contributed by atoms with van der Waals surface area (Å²) < 4.78 is 33.3. The largest absolute Gasteiger partial charge is 0.382 e. The predicted molar refractivity (Wildman–Crippen MR) is 169 cm³/mol. The number of nitrogen functional groups attached to an aromatic ring is 1. The lowest BCUT2D eigenvalue weighted by atomic mass is 9.91. The number of carbonyl (C=O) groups is 2. The van der Waals surface area contributed by atoms with E-state index in [-0.39, 0.29) is 32.0 Å². The normalized spacial score (nSPS) is 20.2. The summed E-state index contributed by atoms with van der Waals surface area (Å²) in [4.78, 5) is 29.1. The number of halogens is 1. The Hall–Kier alpha value is -3.23. The first-order chi connectivity index (χ1) is 21.1.